The van der Waals surface area contributed by atoms with E-state index in [1.165, 1.54) is 29.2 Å². The number of alkyl halides is 4. The molecule has 1 unspecified atom stereocenters. The summed E-state index contributed by atoms with van der Waals surface area (Å²) >= 11 is 0. The molecule has 2 saturated heterocycles. The van der Waals surface area contributed by atoms with Gasteiger partial charge in [0.2, 0.25) is 11.8 Å². The highest BCUT2D eigenvalue weighted by Crippen LogP contribution is 2.36. The molecule has 5 heterocycles. The molecule has 14 heteroatoms. The van der Waals surface area contributed by atoms with Crippen LogP contribution in [-0.4, -0.2) is 86.9 Å². The molecule has 202 valence electrons. The summed E-state index contributed by atoms with van der Waals surface area (Å²) in [5.41, 5.74) is 1.42. The van der Waals surface area contributed by atoms with E-state index in [0.29, 0.717) is 29.9 Å². The molecule has 38 heavy (non-hydrogen) atoms. The molecule has 0 amide bonds. The zero-order valence-corrected chi connectivity index (χ0v) is 20.5. The third-order valence-electron chi connectivity index (χ3n) is 7.08. The van der Waals surface area contributed by atoms with Gasteiger partial charge >= 0.3 is 0 Å². The van der Waals surface area contributed by atoms with Gasteiger partial charge in [0, 0.05) is 18.3 Å². The standard InChI is InChI=1S/C24H24F5N7O2/c1-12-30-20-16(25)5-13(6-17(20)35(12)8-19(26)27)15-3-4-36-21(15)22(37-2)32-23(33-36)31-18-7-34(11-24(18,28)29)14-9-38-10-14/h3-6,14,18-19H,7-11H2,1-2H3,(H,31,33). The van der Waals surface area contributed by atoms with E-state index in [0.717, 1.165) is 0 Å². The van der Waals surface area contributed by atoms with Gasteiger partial charge < -0.3 is 19.4 Å². The number of nitrogens with one attached hydrogen (secondary N) is 1. The number of ether oxygens (including phenoxy) is 2. The van der Waals surface area contributed by atoms with Gasteiger partial charge in [-0.25, -0.2) is 31.5 Å². The SMILES string of the molecule is COc1nc(NC2CN(C3COC3)CC2(F)F)nn2ccc(-c3cc(F)c4nc(C)n(CC(F)F)c4c3)c12. The van der Waals surface area contributed by atoms with Gasteiger partial charge in [0.15, 0.2) is 5.82 Å². The van der Waals surface area contributed by atoms with Crippen LogP contribution in [0.1, 0.15) is 5.82 Å². The summed E-state index contributed by atoms with van der Waals surface area (Å²) in [6, 6.07) is 3.21. The maximum absolute atomic E-state index is 15.0. The summed E-state index contributed by atoms with van der Waals surface area (Å²) in [7, 11) is 1.37. The van der Waals surface area contributed by atoms with E-state index in [9.17, 15) is 17.6 Å². The van der Waals surface area contributed by atoms with Crippen LogP contribution in [0.4, 0.5) is 27.9 Å². The maximum atomic E-state index is 15.0. The summed E-state index contributed by atoms with van der Waals surface area (Å²) in [4.78, 5) is 10.1. The molecular weight excluding hydrogens is 513 g/mol. The van der Waals surface area contributed by atoms with E-state index in [1.807, 2.05) is 0 Å². The van der Waals surface area contributed by atoms with Crippen LogP contribution in [0, 0.1) is 12.7 Å². The lowest BCUT2D eigenvalue weighted by Gasteiger charge is -2.34. The molecule has 1 N–H and O–H groups in total. The number of hydrogen-bond donors (Lipinski definition) is 1. The fourth-order valence-electron chi connectivity index (χ4n) is 5.08. The molecule has 6 rings (SSSR count). The van der Waals surface area contributed by atoms with Gasteiger partial charge in [-0.15, -0.1) is 5.10 Å². The number of halogens is 5. The molecule has 3 aromatic heterocycles. The van der Waals surface area contributed by atoms with Crippen molar-refractivity contribution in [3.05, 3.63) is 36.0 Å². The number of imidazole rings is 1. The summed E-state index contributed by atoms with van der Waals surface area (Å²) < 4.78 is 84.1. The fraction of sp³-hybridized carbons (Fsp3) is 0.458. The Labute approximate surface area is 213 Å². The zero-order chi connectivity index (χ0) is 26.8. The topological polar surface area (TPSA) is 81.7 Å². The van der Waals surface area contributed by atoms with Crippen molar-refractivity contribution in [3.8, 4) is 17.0 Å². The van der Waals surface area contributed by atoms with Gasteiger partial charge in [0.25, 0.3) is 12.3 Å². The third-order valence-corrected chi connectivity index (χ3v) is 7.08. The molecule has 0 aliphatic carbocycles. The van der Waals surface area contributed by atoms with E-state index >= 15 is 4.39 Å². The Bertz CT molecular complexity index is 1520. The first kappa shape index (κ1) is 24.8. The number of nitrogens with zero attached hydrogens (tertiary/aromatic N) is 6. The normalized spacial score (nSPS) is 20.1. The van der Waals surface area contributed by atoms with E-state index < -0.39 is 30.8 Å². The first-order chi connectivity index (χ1) is 18.1. The summed E-state index contributed by atoms with van der Waals surface area (Å²) in [5.74, 6) is -3.39. The Morgan fingerprint density at radius 1 is 1.24 bits per heavy atom. The monoisotopic (exact) mass is 537 g/mol. The molecule has 1 aromatic carbocycles. The van der Waals surface area contributed by atoms with Crippen LogP contribution in [0.5, 0.6) is 5.88 Å². The Balaban J connectivity index is 1.37. The van der Waals surface area contributed by atoms with E-state index in [-0.39, 0.29) is 47.8 Å². The van der Waals surface area contributed by atoms with Gasteiger partial charge in [-0.3, -0.25) is 4.90 Å². The lowest BCUT2D eigenvalue weighted by atomic mass is 10.1. The molecule has 0 spiro atoms. The molecule has 4 aromatic rings. The van der Waals surface area contributed by atoms with Crippen LogP contribution in [0.15, 0.2) is 24.4 Å². The molecule has 0 radical (unpaired) electrons. The molecular formula is C24H24F5N7O2. The van der Waals surface area contributed by atoms with E-state index in [4.69, 9.17) is 9.47 Å². The third kappa shape index (κ3) is 4.11. The van der Waals surface area contributed by atoms with Gasteiger partial charge in [0.05, 0.1) is 45.0 Å². The number of fused-ring (bicyclic) bond motifs is 2. The fourth-order valence-corrected chi connectivity index (χ4v) is 5.08. The van der Waals surface area contributed by atoms with E-state index in [1.54, 1.807) is 23.2 Å². The highest BCUT2D eigenvalue weighted by molar-refractivity contribution is 5.90. The van der Waals surface area contributed by atoms with Crippen LogP contribution < -0.4 is 10.1 Å². The van der Waals surface area contributed by atoms with Crippen molar-refractivity contribution >= 4 is 22.5 Å². The van der Waals surface area contributed by atoms with Crippen molar-refractivity contribution in [2.75, 3.05) is 38.7 Å². The van der Waals surface area contributed by atoms with Crippen molar-refractivity contribution in [1.82, 2.24) is 29.0 Å². The second-order valence-electron chi connectivity index (χ2n) is 9.53. The Hall–Kier alpha value is -3.52. The van der Waals surface area contributed by atoms with Crippen LogP contribution in [0.25, 0.3) is 27.7 Å². The van der Waals surface area contributed by atoms with Crippen LogP contribution in [-0.2, 0) is 11.3 Å². The predicted molar refractivity (Wildman–Crippen MR) is 128 cm³/mol. The largest absolute Gasteiger partial charge is 0.479 e. The maximum Gasteiger partial charge on any atom is 0.281 e. The minimum atomic E-state index is -3.00. The minimum Gasteiger partial charge on any atom is -0.479 e. The minimum absolute atomic E-state index is 0.00915. The molecule has 0 saturated carbocycles. The second-order valence-corrected chi connectivity index (χ2v) is 9.53. The Morgan fingerprint density at radius 3 is 2.71 bits per heavy atom. The predicted octanol–water partition coefficient (Wildman–Crippen LogP) is 3.60. The van der Waals surface area contributed by atoms with Crippen molar-refractivity contribution in [2.24, 2.45) is 0 Å². The first-order valence-electron chi connectivity index (χ1n) is 12.0. The van der Waals surface area contributed by atoms with Crippen molar-refractivity contribution < 1.29 is 31.4 Å². The summed E-state index contributed by atoms with van der Waals surface area (Å²) in [6.07, 6.45) is -1.08. The number of hydrogen-bond acceptors (Lipinski definition) is 7. The van der Waals surface area contributed by atoms with Crippen molar-refractivity contribution in [2.45, 2.75) is 37.9 Å². The van der Waals surface area contributed by atoms with Crippen molar-refractivity contribution in [1.29, 1.82) is 0 Å². The van der Waals surface area contributed by atoms with Crippen LogP contribution >= 0.6 is 0 Å². The molecule has 2 aliphatic rings. The van der Waals surface area contributed by atoms with Gasteiger partial charge in [0.1, 0.15) is 22.9 Å². The Morgan fingerprint density at radius 2 is 2.03 bits per heavy atom. The highest BCUT2D eigenvalue weighted by Gasteiger charge is 2.51. The number of benzene rings is 1. The number of aromatic nitrogens is 5. The van der Waals surface area contributed by atoms with Crippen LogP contribution in [0.2, 0.25) is 0 Å². The van der Waals surface area contributed by atoms with Gasteiger partial charge in [-0.1, -0.05) is 0 Å². The number of rotatable bonds is 7. The summed E-state index contributed by atoms with van der Waals surface area (Å²) in [6.45, 7) is 1.49. The molecule has 0 bridgehead atoms. The smallest absolute Gasteiger partial charge is 0.281 e. The molecule has 9 nitrogen and oxygen atoms in total. The zero-order valence-electron chi connectivity index (χ0n) is 20.5. The number of aryl methyl sites for hydroxylation is 1. The highest BCUT2D eigenvalue weighted by atomic mass is 19.3. The lowest BCUT2D eigenvalue weighted by molar-refractivity contribution is -0.0711. The molecule has 1 atom stereocenters. The molecule has 2 aliphatic heterocycles. The second kappa shape index (κ2) is 9.05. The average molecular weight is 537 g/mol. The number of anilines is 1. The van der Waals surface area contributed by atoms with Gasteiger partial charge in [-0.2, -0.15) is 4.98 Å². The van der Waals surface area contributed by atoms with Gasteiger partial charge in [-0.05, 0) is 30.7 Å². The summed E-state index contributed by atoms with van der Waals surface area (Å²) in [5, 5.41) is 7.08. The van der Waals surface area contributed by atoms with E-state index in [2.05, 4.69) is 20.4 Å². The Kier molecular flexibility index (Phi) is 5.90. The average Bonchev–Trinajstić information content (AvgIpc) is 3.46. The van der Waals surface area contributed by atoms with Crippen molar-refractivity contribution in [3.63, 3.8) is 0 Å². The quantitative estimate of drug-likeness (QED) is 0.361. The first-order valence-corrected chi connectivity index (χ1v) is 12.0. The number of methoxy groups -OCH3 is 1. The molecule has 2 fully saturated rings. The van der Waals surface area contributed by atoms with Crippen LogP contribution in [0.3, 0.4) is 0 Å². The lowest BCUT2D eigenvalue weighted by Crippen LogP contribution is -2.48. The number of likely N-dealkylation sites (tertiary alicyclic amines) is 1.